The molecule has 0 saturated heterocycles. The highest BCUT2D eigenvalue weighted by atomic mass is 35.5. The number of hydrogen-bond donors (Lipinski definition) is 1. The number of nitrogens with zero attached hydrogens (tertiary/aromatic N) is 2. The lowest BCUT2D eigenvalue weighted by molar-refractivity contribution is 0.0600. The molecule has 2 aromatic carbocycles. The second-order valence-corrected chi connectivity index (χ2v) is 7.74. The number of halogens is 1. The molecule has 27 heavy (non-hydrogen) atoms. The van der Waals surface area contributed by atoms with Crippen LogP contribution in [0.25, 0.3) is 5.69 Å². The van der Waals surface area contributed by atoms with Gasteiger partial charge in [0, 0.05) is 11.9 Å². The summed E-state index contributed by atoms with van der Waals surface area (Å²) >= 11 is 6.04. The Kier molecular flexibility index (Phi) is 5.20. The van der Waals surface area contributed by atoms with Gasteiger partial charge in [-0.2, -0.15) is 5.10 Å². The Morgan fingerprint density at radius 1 is 1.19 bits per heavy atom. The number of esters is 1. The summed E-state index contributed by atoms with van der Waals surface area (Å²) < 4.78 is 34.3. The summed E-state index contributed by atoms with van der Waals surface area (Å²) in [7, 11) is -2.81. The van der Waals surface area contributed by atoms with E-state index in [4.69, 9.17) is 11.6 Å². The Labute approximate surface area is 161 Å². The Balaban J connectivity index is 1.96. The Hall–Kier alpha value is -2.84. The van der Waals surface area contributed by atoms with Crippen molar-refractivity contribution in [1.29, 1.82) is 0 Å². The first-order chi connectivity index (χ1) is 12.8. The lowest BCUT2D eigenvalue weighted by atomic mass is 10.2. The fourth-order valence-corrected chi connectivity index (χ4v) is 4.08. The zero-order valence-electron chi connectivity index (χ0n) is 14.5. The summed E-state index contributed by atoms with van der Waals surface area (Å²) in [6.07, 6.45) is 1.66. The van der Waals surface area contributed by atoms with Gasteiger partial charge in [0.25, 0.3) is 10.0 Å². The molecule has 3 rings (SSSR count). The van der Waals surface area contributed by atoms with Gasteiger partial charge in [-0.25, -0.2) is 17.9 Å². The van der Waals surface area contributed by atoms with E-state index in [0.717, 1.165) is 5.69 Å². The van der Waals surface area contributed by atoms with Gasteiger partial charge in [0.2, 0.25) is 0 Å². The molecule has 0 amide bonds. The smallest absolute Gasteiger partial charge is 0.337 e. The molecule has 1 aromatic heterocycles. The van der Waals surface area contributed by atoms with Crippen LogP contribution in [-0.4, -0.2) is 31.3 Å². The average Bonchev–Trinajstić information content (AvgIpc) is 3.07. The molecule has 0 spiro atoms. The first-order valence-corrected chi connectivity index (χ1v) is 9.70. The van der Waals surface area contributed by atoms with Gasteiger partial charge < -0.3 is 4.74 Å². The molecule has 3 aromatic rings. The predicted molar refractivity (Wildman–Crippen MR) is 102 cm³/mol. The van der Waals surface area contributed by atoms with E-state index in [1.165, 1.54) is 25.3 Å². The molecule has 140 valence electrons. The normalized spacial score (nSPS) is 11.2. The van der Waals surface area contributed by atoms with Crippen LogP contribution < -0.4 is 4.72 Å². The van der Waals surface area contributed by atoms with Crippen molar-refractivity contribution in [3.8, 4) is 5.69 Å². The molecule has 0 aliphatic heterocycles. The summed E-state index contributed by atoms with van der Waals surface area (Å²) in [5.74, 6) is -0.653. The quantitative estimate of drug-likeness (QED) is 0.657. The maximum atomic E-state index is 12.8. The number of sulfonamides is 1. The largest absolute Gasteiger partial charge is 0.465 e. The van der Waals surface area contributed by atoms with Gasteiger partial charge in [0.15, 0.2) is 0 Å². The van der Waals surface area contributed by atoms with Crippen LogP contribution >= 0.6 is 11.6 Å². The minimum atomic E-state index is -4.02. The van der Waals surface area contributed by atoms with Crippen molar-refractivity contribution in [1.82, 2.24) is 9.78 Å². The number of hydrogen-bond acceptors (Lipinski definition) is 5. The summed E-state index contributed by atoms with van der Waals surface area (Å²) in [5.41, 5.74) is 2.03. The van der Waals surface area contributed by atoms with E-state index in [2.05, 4.69) is 14.6 Å². The first-order valence-electron chi connectivity index (χ1n) is 7.83. The van der Waals surface area contributed by atoms with Crippen LogP contribution in [0.4, 0.5) is 5.69 Å². The van der Waals surface area contributed by atoms with Gasteiger partial charge in [0.05, 0.1) is 29.1 Å². The van der Waals surface area contributed by atoms with Crippen molar-refractivity contribution in [3.63, 3.8) is 0 Å². The molecule has 0 unspecified atom stereocenters. The van der Waals surface area contributed by atoms with Crippen LogP contribution in [0.5, 0.6) is 0 Å². The van der Waals surface area contributed by atoms with Crippen molar-refractivity contribution in [2.24, 2.45) is 0 Å². The fraction of sp³-hybridized carbons (Fsp3) is 0.111. The van der Waals surface area contributed by atoms with E-state index in [9.17, 15) is 13.2 Å². The maximum Gasteiger partial charge on any atom is 0.337 e. The number of nitrogens with one attached hydrogen (secondary N) is 1. The second kappa shape index (κ2) is 7.42. The molecule has 7 nitrogen and oxygen atoms in total. The summed E-state index contributed by atoms with van der Waals surface area (Å²) in [6, 6.07) is 12.5. The van der Waals surface area contributed by atoms with Crippen LogP contribution in [0.3, 0.4) is 0 Å². The van der Waals surface area contributed by atoms with Gasteiger partial charge >= 0.3 is 5.97 Å². The van der Waals surface area contributed by atoms with Crippen molar-refractivity contribution in [2.75, 3.05) is 11.8 Å². The molecule has 0 fully saturated rings. The predicted octanol–water partition coefficient (Wildman–Crippen LogP) is 3.42. The number of benzene rings is 2. The molecule has 0 atom stereocenters. The molecule has 0 saturated carbocycles. The zero-order valence-corrected chi connectivity index (χ0v) is 16.1. The SMILES string of the molecule is COC(=O)c1ccc(Cl)c(S(=O)(=O)Nc2cccc(-n3nccc3C)c2)c1. The lowest BCUT2D eigenvalue weighted by Crippen LogP contribution is -2.15. The topological polar surface area (TPSA) is 90.3 Å². The zero-order chi connectivity index (χ0) is 19.6. The van der Waals surface area contributed by atoms with Crippen molar-refractivity contribution in [3.05, 3.63) is 71.0 Å². The molecule has 1 N–H and O–H groups in total. The minimum Gasteiger partial charge on any atom is -0.465 e. The van der Waals surface area contributed by atoms with E-state index in [1.54, 1.807) is 29.1 Å². The van der Waals surface area contributed by atoms with E-state index in [1.807, 2.05) is 19.1 Å². The van der Waals surface area contributed by atoms with Gasteiger partial charge in [-0.1, -0.05) is 17.7 Å². The first kappa shape index (κ1) is 18.9. The number of rotatable bonds is 5. The summed E-state index contributed by atoms with van der Waals surface area (Å²) in [4.78, 5) is 11.5. The number of carbonyl (C=O) groups excluding carboxylic acids is 1. The Morgan fingerprint density at radius 2 is 1.96 bits per heavy atom. The number of ether oxygens (including phenoxy) is 1. The van der Waals surface area contributed by atoms with Crippen LogP contribution in [0.15, 0.2) is 59.6 Å². The average molecular weight is 406 g/mol. The number of anilines is 1. The van der Waals surface area contributed by atoms with E-state index in [0.29, 0.717) is 11.4 Å². The highest BCUT2D eigenvalue weighted by Gasteiger charge is 2.21. The third-order valence-corrected chi connectivity index (χ3v) is 5.68. The Bertz CT molecular complexity index is 1110. The molecule has 1 heterocycles. The van der Waals surface area contributed by atoms with Gasteiger partial charge in [-0.15, -0.1) is 0 Å². The fourth-order valence-electron chi connectivity index (χ4n) is 2.51. The second-order valence-electron chi connectivity index (χ2n) is 5.68. The molecule has 0 bridgehead atoms. The highest BCUT2D eigenvalue weighted by molar-refractivity contribution is 7.92. The van der Waals surface area contributed by atoms with Gasteiger partial charge in [-0.3, -0.25) is 4.72 Å². The number of aromatic nitrogens is 2. The van der Waals surface area contributed by atoms with Crippen LogP contribution in [-0.2, 0) is 14.8 Å². The van der Waals surface area contributed by atoms with E-state index in [-0.39, 0.29) is 15.5 Å². The standard InChI is InChI=1S/C18H16ClN3O4S/c1-12-8-9-20-22(12)15-5-3-4-14(11-15)21-27(24,25)17-10-13(18(23)26-2)6-7-16(17)19/h3-11,21H,1-2H3. The number of methoxy groups -OCH3 is 1. The van der Waals surface area contributed by atoms with Gasteiger partial charge in [-0.05, 0) is 49.4 Å². The number of aryl methyl sites for hydroxylation is 1. The minimum absolute atomic E-state index is 0.00534. The van der Waals surface area contributed by atoms with Crippen molar-refractivity contribution < 1.29 is 17.9 Å². The third-order valence-electron chi connectivity index (χ3n) is 3.82. The van der Waals surface area contributed by atoms with Crippen molar-refractivity contribution in [2.45, 2.75) is 11.8 Å². The van der Waals surface area contributed by atoms with Crippen LogP contribution in [0.2, 0.25) is 5.02 Å². The van der Waals surface area contributed by atoms with Crippen LogP contribution in [0, 0.1) is 6.92 Å². The maximum absolute atomic E-state index is 12.8. The molecular weight excluding hydrogens is 390 g/mol. The van der Waals surface area contributed by atoms with Crippen molar-refractivity contribution >= 4 is 33.3 Å². The monoisotopic (exact) mass is 405 g/mol. The Morgan fingerprint density at radius 3 is 2.63 bits per heavy atom. The molecule has 9 heteroatoms. The summed E-state index contributed by atoms with van der Waals surface area (Å²) in [6.45, 7) is 1.89. The number of carbonyl (C=O) groups is 1. The van der Waals surface area contributed by atoms with E-state index < -0.39 is 16.0 Å². The summed E-state index contributed by atoms with van der Waals surface area (Å²) in [5, 5.41) is 4.20. The highest BCUT2D eigenvalue weighted by Crippen LogP contribution is 2.26. The molecule has 0 aliphatic rings. The molecule has 0 aliphatic carbocycles. The van der Waals surface area contributed by atoms with Gasteiger partial charge in [0.1, 0.15) is 4.90 Å². The molecular formula is C18H16ClN3O4S. The van der Waals surface area contributed by atoms with E-state index >= 15 is 0 Å². The lowest BCUT2D eigenvalue weighted by Gasteiger charge is -2.12. The third kappa shape index (κ3) is 3.96. The molecule has 0 radical (unpaired) electrons. The van der Waals surface area contributed by atoms with Crippen LogP contribution in [0.1, 0.15) is 16.1 Å².